The summed E-state index contributed by atoms with van der Waals surface area (Å²) in [5, 5.41) is 13.0. The van der Waals surface area contributed by atoms with E-state index < -0.39 is 0 Å². The number of nitrogens with zero attached hydrogens (tertiary/aromatic N) is 3. The summed E-state index contributed by atoms with van der Waals surface area (Å²) in [4.78, 5) is 10.6. The Morgan fingerprint density at radius 3 is 2.61 bits per heavy atom. The fourth-order valence-corrected chi connectivity index (χ4v) is 2.20. The number of aliphatic hydroxyl groups is 1. The zero-order valence-corrected chi connectivity index (χ0v) is 11.0. The van der Waals surface area contributed by atoms with Crippen LogP contribution in [0.5, 0.6) is 0 Å². The minimum Gasteiger partial charge on any atom is -0.390 e. The summed E-state index contributed by atoms with van der Waals surface area (Å²) < 4.78 is 0. The molecule has 1 fully saturated rings. The molecular weight excluding hydrogens is 228 g/mol. The first-order valence-electron chi connectivity index (χ1n) is 6.67. The molecule has 1 aromatic heterocycles. The Kier molecular flexibility index (Phi) is 4.90. The van der Waals surface area contributed by atoms with Crippen LogP contribution in [0.1, 0.15) is 24.8 Å². The largest absolute Gasteiger partial charge is 0.390 e. The highest BCUT2D eigenvalue weighted by Gasteiger charge is 2.14. The quantitative estimate of drug-likeness (QED) is 0.817. The van der Waals surface area contributed by atoms with Gasteiger partial charge in [0.1, 0.15) is 0 Å². The number of nitrogens with one attached hydrogen (secondary N) is 1. The summed E-state index contributed by atoms with van der Waals surface area (Å²) in [6, 6.07) is 0. The van der Waals surface area contributed by atoms with Gasteiger partial charge in [0, 0.05) is 25.5 Å². The van der Waals surface area contributed by atoms with Crippen molar-refractivity contribution >= 4 is 5.95 Å². The lowest BCUT2D eigenvalue weighted by molar-refractivity contribution is 0.109. The van der Waals surface area contributed by atoms with Crippen molar-refractivity contribution in [1.82, 2.24) is 14.9 Å². The van der Waals surface area contributed by atoms with E-state index in [1.54, 1.807) is 12.4 Å². The summed E-state index contributed by atoms with van der Waals surface area (Å²) in [5.74, 6) is 0.582. The van der Waals surface area contributed by atoms with E-state index in [9.17, 15) is 5.11 Å². The van der Waals surface area contributed by atoms with E-state index in [0.29, 0.717) is 12.5 Å². The van der Waals surface area contributed by atoms with E-state index in [1.807, 2.05) is 6.92 Å². The van der Waals surface area contributed by atoms with Gasteiger partial charge in [0.15, 0.2) is 0 Å². The van der Waals surface area contributed by atoms with Crippen molar-refractivity contribution in [3.63, 3.8) is 0 Å². The molecule has 0 aromatic carbocycles. The van der Waals surface area contributed by atoms with E-state index in [0.717, 1.165) is 25.2 Å². The molecule has 1 saturated heterocycles. The molecule has 2 heterocycles. The number of β-amino-alcohol motifs (C(OH)–C–C–N with tert-alkyl or cyclic N) is 1. The monoisotopic (exact) mass is 250 g/mol. The number of hydrogen-bond donors (Lipinski definition) is 2. The molecular formula is C13H22N4O. The van der Waals surface area contributed by atoms with Crippen LogP contribution in [-0.2, 0) is 0 Å². The van der Waals surface area contributed by atoms with Crippen LogP contribution >= 0.6 is 0 Å². The molecule has 0 amide bonds. The topological polar surface area (TPSA) is 61.3 Å². The lowest BCUT2D eigenvalue weighted by atomic mass is 10.1. The molecule has 0 aliphatic carbocycles. The minimum atomic E-state index is -0.368. The molecule has 0 saturated carbocycles. The Morgan fingerprint density at radius 1 is 1.28 bits per heavy atom. The Bertz CT molecular complexity index is 349. The van der Waals surface area contributed by atoms with Gasteiger partial charge in [-0.2, -0.15) is 0 Å². The van der Waals surface area contributed by atoms with Gasteiger partial charge in [-0.1, -0.05) is 6.42 Å². The number of aryl methyl sites for hydroxylation is 1. The first-order valence-corrected chi connectivity index (χ1v) is 6.67. The number of hydrogen-bond acceptors (Lipinski definition) is 5. The van der Waals surface area contributed by atoms with Crippen LogP contribution in [0.2, 0.25) is 0 Å². The summed E-state index contributed by atoms with van der Waals surface area (Å²) >= 11 is 0. The molecule has 0 bridgehead atoms. The Hall–Kier alpha value is -1.20. The third kappa shape index (κ3) is 4.23. The number of piperidine rings is 1. The van der Waals surface area contributed by atoms with E-state index in [2.05, 4.69) is 20.2 Å². The van der Waals surface area contributed by atoms with Gasteiger partial charge in [-0.05, 0) is 38.4 Å². The average molecular weight is 250 g/mol. The van der Waals surface area contributed by atoms with Gasteiger partial charge in [0.05, 0.1) is 6.10 Å². The smallest absolute Gasteiger partial charge is 0.222 e. The van der Waals surface area contributed by atoms with Crippen LogP contribution in [0.4, 0.5) is 5.95 Å². The van der Waals surface area contributed by atoms with Crippen LogP contribution in [0.15, 0.2) is 12.4 Å². The molecule has 100 valence electrons. The van der Waals surface area contributed by atoms with Crippen molar-refractivity contribution in [3.8, 4) is 0 Å². The minimum absolute atomic E-state index is 0.368. The van der Waals surface area contributed by atoms with Crippen molar-refractivity contribution < 1.29 is 5.11 Å². The molecule has 5 heteroatoms. The van der Waals surface area contributed by atoms with Crippen LogP contribution in [-0.4, -0.2) is 52.3 Å². The van der Waals surface area contributed by atoms with E-state index in [-0.39, 0.29) is 6.10 Å². The van der Waals surface area contributed by atoms with Gasteiger partial charge in [-0.25, -0.2) is 9.97 Å². The fraction of sp³-hybridized carbons (Fsp3) is 0.692. The maximum Gasteiger partial charge on any atom is 0.222 e. The number of aliphatic hydroxyl groups excluding tert-OH is 1. The van der Waals surface area contributed by atoms with Crippen LogP contribution in [0, 0.1) is 6.92 Å². The molecule has 0 unspecified atom stereocenters. The molecule has 2 N–H and O–H groups in total. The first-order chi connectivity index (χ1) is 8.74. The maximum atomic E-state index is 9.96. The van der Waals surface area contributed by atoms with Gasteiger partial charge < -0.3 is 15.3 Å². The molecule has 0 radical (unpaired) electrons. The van der Waals surface area contributed by atoms with Gasteiger partial charge in [0.2, 0.25) is 5.95 Å². The van der Waals surface area contributed by atoms with Crippen LogP contribution in [0.25, 0.3) is 0 Å². The first kappa shape index (κ1) is 13.2. The van der Waals surface area contributed by atoms with Crippen molar-refractivity contribution in [2.75, 3.05) is 31.5 Å². The maximum absolute atomic E-state index is 9.96. The molecule has 0 spiro atoms. The second-order valence-corrected chi connectivity index (χ2v) is 4.98. The highest BCUT2D eigenvalue weighted by molar-refractivity contribution is 5.24. The molecule has 5 nitrogen and oxygen atoms in total. The predicted octanol–water partition coefficient (Wildman–Crippen LogP) is 1.04. The van der Waals surface area contributed by atoms with Gasteiger partial charge in [-0.15, -0.1) is 0 Å². The molecule has 2 rings (SSSR count). The number of rotatable bonds is 5. The standard InChI is InChI=1S/C13H22N4O/c1-11-7-14-13(15-8-11)16-9-12(18)10-17-5-3-2-4-6-17/h7-8,12,18H,2-6,9-10H2,1H3,(H,14,15,16)/t12-/m0/s1. The summed E-state index contributed by atoms with van der Waals surface area (Å²) in [7, 11) is 0. The van der Waals surface area contributed by atoms with E-state index >= 15 is 0 Å². The van der Waals surface area contributed by atoms with Crippen LogP contribution in [0.3, 0.4) is 0 Å². The van der Waals surface area contributed by atoms with Crippen molar-refractivity contribution in [1.29, 1.82) is 0 Å². The van der Waals surface area contributed by atoms with E-state index in [4.69, 9.17) is 0 Å². The van der Waals surface area contributed by atoms with Crippen LogP contribution < -0.4 is 5.32 Å². The lowest BCUT2D eigenvalue weighted by Crippen LogP contribution is -2.39. The number of anilines is 1. The molecule has 1 aliphatic rings. The Morgan fingerprint density at radius 2 is 1.94 bits per heavy atom. The fourth-order valence-electron chi connectivity index (χ4n) is 2.20. The molecule has 1 atom stereocenters. The second kappa shape index (κ2) is 6.66. The van der Waals surface area contributed by atoms with Crippen molar-refractivity contribution in [2.45, 2.75) is 32.3 Å². The zero-order chi connectivity index (χ0) is 12.8. The molecule has 1 aliphatic heterocycles. The summed E-state index contributed by atoms with van der Waals surface area (Å²) in [5.41, 5.74) is 1.04. The average Bonchev–Trinajstić information content (AvgIpc) is 2.39. The van der Waals surface area contributed by atoms with E-state index in [1.165, 1.54) is 19.3 Å². The highest BCUT2D eigenvalue weighted by Crippen LogP contribution is 2.09. The number of likely N-dealkylation sites (tertiary alicyclic amines) is 1. The Balaban J connectivity index is 1.70. The summed E-state index contributed by atoms with van der Waals surface area (Å²) in [6.07, 6.45) is 7.00. The third-order valence-corrected chi connectivity index (χ3v) is 3.19. The van der Waals surface area contributed by atoms with Crippen molar-refractivity contribution in [2.24, 2.45) is 0 Å². The van der Waals surface area contributed by atoms with Gasteiger partial charge in [0.25, 0.3) is 0 Å². The third-order valence-electron chi connectivity index (χ3n) is 3.19. The zero-order valence-electron chi connectivity index (χ0n) is 11.0. The SMILES string of the molecule is Cc1cnc(NC[C@H](O)CN2CCCCC2)nc1. The van der Waals surface area contributed by atoms with Gasteiger partial charge >= 0.3 is 0 Å². The Labute approximate surface area is 108 Å². The molecule has 1 aromatic rings. The number of aromatic nitrogens is 2. The highest BCUT2D eigenvalue weighted by atomic mass is 16.3. The predicted molar refractivity (Wildman–Crippen MR) is 71.6 cm³/mol. The second-order valence-electron chi connectivity index (χ2n) is 4.98. The van der Waals surface area contributed by atoms with Gasteiger partial charge in [-0.3, -0.25) is 0 Å². The molecule has 18 heavy (non-hydrogen) atoms. The lowest BCUT2D eigenvalue weighted by Gasteiger charge is -2.28. The normalized spacial score (nSPS) is 18.6. The van der Waals surface area contributed by atoms with Crippen molar-refractivity contribution in [3.05, 3.63) is 18.0 Å². The summed E-state index contributed by atoms with van der Waals surface area (Å²) in [6.45, 7) is 5.41.